The highest BCUT2D eigenvalue weighted by Crippen LogP contribution is 2.24. The van der Waals surface area contributed by atoms with Crippen LogP contribution in [0.25, 0.3) is 17.3 Å². The second-order valence-corrected chi connectivity index (χ2v) is 6.48. The van der Waals surface area contributed by atoms with Crippen LogP contribution in [0.3, 0.4) is 0 Å². The molecule has 0 aliphatic heterocycles. The monoisotopic (exact) mass is 376 g/mol. The molecule has 3 rings (SSSR count). The van der Waals surface area contributed by atoms with E-state index < -0.39 is 5.91 Å². The minimum absolute atomic E-state index is 0.0127. The third-order valence-corrected chi connectivity index (χ3v) is 4.29. The van der Waals surface area contributed by atoms with Crippen LogP contribution in [0.5, 0.6) is 0 Å². The number of nitriles is 1. The summed E-state index contributed by atoms with van der Waals surface area (Å²) < 4.78 is 0. The van der Waals surface area contributed by atoms with Crippen molar-refractivity contribution in [3.8, 4) is 17.3 Å². The number of hydrogen-bond acceptors (Lipinski definition) is 3. The molecule has 134 valence electrons. The molecule has 0 spiro atoms. The molecular formula is C21H17ClN4O. The quantitative estimate of drug-likeness (QED) is 0.515. The Labute approximate surface area is 162 Å². The molecule has 0 saturated heterocycles. The van der Waals surface area contributed by atoms with Gasteiger partial charge in [0.2, 0.25) is 0 Å². The zero-order valence-electron chi connectivity index (χ0n) is 14.7. The van der Waals surface area contributed by atoms with Gasteiger partial charge in [-0.2, -0.15) is 10.4 Å². The van der Waals surface area contributed by atoms with Crippen LogP contribution in [0.4, 0.5) is 0 Å². The van der Waals surface area contributed by atoms with E-state index in [2.05, 4.69) is 15.5 Å². The Morgan fingerprint density at radius 2 is 1.93 bits per heavy atom. The van der Waals surface area contributed by atoms with Gasteiger partial charge in [0.05, 0.1) is 11.9 Å². The number of carbonyl (C=O) groups excluding carboxylic acids is 1. The molecule has 3 aromatic rings. The van der Waals surface area contributed by atoms with Crippen LogP contribution in [0.1, 0.15) is 16.7 Å². The molecular weight excluding hydrogens is 360 g/mol. The predicted molar refractivity (Wildman–Crippen MR) is 106 cm³/mol. The Morgan fingerprint density at radius 3 is 2.59 bits per heavy atom. The van der Waals surface area contributed by atoms with Crippen LogP contribution in [0.2, 0.25) is 5.02 Å². The van der Waals surface area contributed by atoms with E-state index in [0.717, 1.165) is 16.7 Å². The van der Waals surface area contributed by atoms with E-state index in [9.17, 15) is 10.1 Å². The number of hydrogen-bond donors (Lipinski definition) is 2. The van der Waals surface area contributed by atoms with Crippen LogP contribution < -0.4 is 5.32 Å². The number of aryl methyl sites for hydroxylation is 1. The summed E-state index contributed by atoms with van der Waals surface area (Å²) in [5, 5.41) is 19.7. The summed E-state index contributed by atoms with van der Waals surface area (Å²) in [6, 6.07) is 17.0. The number of benzene rings is 2. The van der Waals surface area contributed by atoms with Gasteiger partial charge < -0.3 is 5.32 Å². The second kappa shape index (κ2) is 8.35. The molecule has 27 heavy (non-hydrogen) atoms. The zero-order valence-corrected chi connectivity index (χ0v) is 15.4. The first-order valence-electron chi connectivity index (χ1n) is 8.31. The Hall–Kier alpha value is -3.36. The molecule has 0 atom stereocenters. The van der Waals surface area contributed by atoms with Crippen molar-refractivity contribution in [3.05, 3.63) is 82.0 Å². The standard InChI is InChI=1S/C21H17ClN4O/c1-14-2-4-15(5-3-14)12-24-21(27)17(11-23)10-18-13-25-26-20(18)16-6-8-19(22)9-7-16/h2-10,13H,12H2,1H3,(H,24,27)(H,25,26). The lowest BCUT2D eigenvalue weighted by atomic mass is 10.1. The molecule has 2 aromatic carbocycles. The highest BCUT2D eigenvalue weighted by atomic mass is 35.5. The lowest BCUT2D eigenvalue weighted by molar-refractivity contribution is -0.117. The number of carbonyl (C=O) groups is 1. The topological polar surface area (TPSA) is 81.6 Å². The first-order valence-corrected chi connectivity index (χ1v) is 8.69. The largest absolute Gasteiger partial charge is 0.347 e. The van der Waals surface area contributed by atoms with E-state index in [0.29, 0.717) is 22.8 Å². The molecule has 5 nitrogen and oxygen atoms in total. The van der Waals surface area contributed by atoms with Gasteiger partial charge in [0.25, 0.3) is 5.91 Å². The normalized spacial score (nSPS) is 11.1. The number of aromatic nitrogens is 2. The van der Waals surface area contributed by atoms with Gasteiger partial charge in [0.15, 0.2) is 0 Å². The number of halogens is 1. The number of H-pyrrole nitrogens is 1. The summed E-state index contributed by atoms with van der Waals surface area (Å²) in [6.07, 6.45) is 3.10. The van der Waals surface area contributed by atoms with Gasteiger partial charge in [-0.15, -0.1) is 0 Å². The molecule has 0 bridgehead atoms. The number of nitrogens with one attached hydrogen (secondary N) is 2. The Kier molecular flexibility index (Phi) is 5.70. The van der Waals surface area contributed by atoms with Gasteiger partial charge in [0, 0.05) is 22.7 Å². The third kappa shape index (κ3) is 4.63. The zero-order chi connectivity index (χ0) is 19.2. The summed E-state index contributed by atoms with van der Waals surface area (Å²) in [4.78, 5) is 12.4. The van der Waals surface area contributed by atoms with Crippen molar-refractivity contribution in [2.24, 2.45) is 0 Å². The first-order chi connectivity index (χ1) is 13.1. The number of amides is 1. The maximum atomic E-state index is 12.4. The SMILES string of the molecule is Cc1ccc(CNC(=O)C(C#N)=Cc2cn[nH]c2-c2ccc(Cl)cc2)cc1. The average molecular weight is 377 g/mol. The van der Waals surface area contributed by atoms with E-state index in [1.54, 1.807) is 18.3 Å². The van der Waals surface area contributed by atoms with Crippen LogP contribution in [0.15, 0.2) is 60.3 Å². The Balaban J connectivity index is 1.77. The van der Waals surface area contributed by atoms with Crippen molar-refractivity contribution in [2.75, 3.05) is 0 Å². The summed E-state index contributed by atoms with van der Waals surface area (Å²) in [5.41, 5.74) is 4.36. The molecule has 0 unspecified atom stereocenters. The maximum absolute atomic E-state index is 12.4. The molecule has 1 amide bonds. The van der Waals surface area contributed by atoms with Gasteiger partial charge >= 0.3 is 0 Å². The fraction of sp³-hybridized carbons (Fsp3) is 0.0952. The fourth-order valence-electron chi connectivity index (χ4n) is 2.54. The van der Waals surface area contributed by atoms with Gasteiger partial charge in [-0.1, -0.05) is 53.6 Å². The summed E-state index contributed by atoms with van der Waals surface area (Å²) in [7, 11) is 0. The van der Waals surface area contributed by atoms with E-state index in [1.165, 1.54) is 6.08 Å². The van der Waals surface area contributed by atoms with Crippen LogP contribution in [-0.4, -0.2) is 16.1 Å². The van der Waals surface area contributed by atoms with Gasteiger partial charge in [-0.25, -0.2) is 0 Å². The lowest BCUT2D eigenvalue weighted by Gasteiger charge is -2.05. The number of nitrogens with zero attached hydrogens (tertiary/aromatic N) is 2. The molecule has 0 aliphatic carbocycles. The molecule has 2 N–H and O–H groups in total. The molecule has 0 saturated carbocycles. The van der Waals surface area contributed by atoms with Crippen molar-refractivity contribution < 1.29 is 4.79 Å². The van der Waals surface area contributed by atoms with Crippen LogP contribution in [0, 0.1) is 18.3 Å². The molecule has 1 aromatic heterocycles. The maximum Gasteiger partial charge on any atom is 0.262 e. The summed E-state index contributed by atoms with van der Waals surface area (Å²) in [5.74, 6) is -0.429. The van der Waals surface area contributed by atoms with Crippen molar-refractivity contribution in [1.82, 2.24) is 15.5 Å². The second-order valence-electron chi connectivity index (χ2n) is 6.05. The van der Waals surface area contributed by atoms with Crippen molar-refractivity contribution >= 4 is 23.6 Å². The minimum atomic E-state index is -0.429. The predicted octanol–water partition coefficient (Wildman–Crippen LogP) is 4.26. The molecule has 0 fully saturated rings. The summed E-state index contributed by atoms with van der Waals surface area (Å²) in [6.45, 7) is 2.36. The van der Waals surface area contributed by atoms with Crippen molar-refractivity contribution in [1.29, 1.82) is 5.26 Å². The van der Waals surface area contributed by atoms with Gasteiger partial charge in [0.1, 0.15) is 11.6 Å². The minimum Gasteiger partial charge on any atom is -0.347 e. The number of aromatic amines is 1. The van der Waals surface area contributed by atoms with Crippen molar-refractivity contribution in [2.45, 2.75) is 13.5 Å². The number of rotatable bonds is 5. The van der Waals surface area contributed by atoms with E-state index in [4.69, 9.17) is 11.6 Å². The van der Waals surface area contributed by atoms with Crippen LogP contribution >= 0.6 is 11.6 Å². The molecule has 0 radical (unpaired) electrons. The smallest absolute Gasteiger partial charge is 0.262 e. The van der Waals surface area contributed by atoms with Gasteiger partial charge in [-0.05, 0) is 30.7 Å². The lowest BCUT2D eigenvalue weighted by Crippen LogP contribution is -2.23. The summed E-state index contributed by atoms with van der Waals surface area (Å²) >= 11 is 5.92. The highest BCUT2D eigenvalue weighted by Gasteiger charge is 2.12. The molecule has 1 heterocycles. The first kappa shape index (κ1) is 18.4. The van der Waals surface area contributed by atoms with E-state index in [1.807, 2.05) is 49.4 Å². The molecule has 0 aliphatic rings. The fourth-order valence-corrected chi connectivity index (χ4v) is 2.67. The molecule has 6 heteroatoms. The van der Waals surface area contributed by atoms with Gasteiger partial charge in [-0.3, -0.25) is 9.89 Å². The highest BCUT2D eigenvalue weighted by molar-refractivity contribution is 6.30. The van der Waals surface area contributed by atoms with Crippen molar-refractivity contribution in [3.63, 3.8) is 0 Å². The van der Waals surface area contributed by atoms with Crippen LogP contribution in [-0.2, 0) is 11.3 Å². The van der Waals surface area contributed by atoms with E-state index >= 15 is 0 Å². The Morgan fingerprint density at radius 1 is 1.22 bits per heavy atom. The third-order valence-electron chi connectivity index (χ3n) is 4.04. The average Bonchev–Trinajstić information content (AvgIpc) is 3.14. The Bertz CT molecular complexity index is 1010. The van der Waals surface area contributed by atoms with E-state index in [-0.39, 0.29) is 5.57 Å².